The van der Waals surface area contributed by atoms with E-state index in [1.165, 1.54) is 5.01 Å². The maximum absolute atomic E-state index is 12.9. The topological polar surface area (TPSA) is 65.3 Å². The highest BCUT2D eigenvalue weighted by molar-refractivity contribution is 6.31. The van der Waals surface area contributed by atoms with Gasteiger partial charge in [0.1, 0.15) is 0 Å². The summed E-state index contributed by atoms with van der Waals surface area (Å²) in [7, 11) is 0. The van der Waals surface area contributed by atoms with Gasteiger partial charge in [-0.2, -0.15) is 5.11 Å². The molecule has 0 radical (unpaired) electrons. The smallest absolute Gasteiger partial charge is 0.263 e. The van der Waals surface area contributed by atoms with Crippen LogP contribution in [0.4, 0.5) is 11.4 Å². The molecule has 0 aliphatic carbocycles. The predicted octanol–water partition coefficient (Wildman–Crippen LogP) is 3.45. The summed E-state index contributed by atoms with van der Waals surface area (Å²) in [6, 6.07) is 10.9. The molecule has 0 spiro atoms. The summed E-state index contributed by atoms with van der Waals surface area (Å²) < 4.78 is 0. The van der Waals surface area contributed by atoms with E-state index in [0.717, 1.165) is 21.7 Å². The van der Waals surface area contributed by atoms with Crippen molar-refractivity contribution in [2.75, 3.05) is 9.91 Å². The number of hydrogen-bond donors (Lipinski definition) is 0. The molecule has 2 atom stereocenters. The number of imide groups is 1. The average molecular weight is 355 g/mol. The summed E-state index contributed by atoms with van der Waals surface area (Å²) in [5, 5.41) is 10.1. The average Bonchev–Trinajstić information content (AvgIpc) is 3.11. The number of anilines is 2. The largest absolute Gasteiger partial charge is 0.271 e. The van der Waals surface area contributed by atoms with Crippen molar-refractivity contribution in [2.45, 2.75) is 25.9 Å². The van der Waals surface area contributed by atoms with Crippen molar-refractivity contribution in [1.29, 1.82) is 0 Å². The fraction of sp³-hybridized carbons (Fsp3) is 0.222. The van der Waals surface area contributed by atoms with Crippen molar-refractivity contribution < 1.29 is 9.59 Å². The number of aryl methyl sites for hydroxylation is 2. The van der Waals surface area contributed by atoms with Crippen LogP contribution in [0.3, 0.4) is 0 Å². The van der Waals surface area contributed by atoms with Gasteiger partial charge < -0.3 is 0 Å². The lowest BCUT2D eigenvalue weighted by molar-refractivity contribution is -0.121. The van der Waals surface area contributed by atoms with E-state index >= 15 is 0 Å². The van der Waals surface area contributed by atoms with Crippen LogP contribution in [0.25, 0.3) is 0 Å². The third-order valence-corrected chi connectivity index (χ3v) is 4.84. The minimum atomic E-state index is -0.826. The fourth-order valence-electron chi connectivity index (χ4n) is 3.11. The number of benzene rings is 2. The van der Waals surface area contributed by atoms with Crippen LogP contribution >= 0.6 is 11.6 Å². The molecule has 2 aliphatic rings. The van der Waals surface area contributed by atoms with Crippen molar-refractivity contribution >= 4 is 34.8 Å². The van der Waals surface area contributed by atoms with E-state index in [0.29, 0.717) is 10.7 Å². The van der Waals surface area contributed by atoms with E-state index in [4.69, 9.17) is 11.6 Å². The lowest BCUT2D eigenvalue weighted by Crippen LogP contribution is -2.40. The molecule has 2 amide bonds. The van der Waals surface area contributed by atoms with Gasteiger partial charge >= 0.3 is 0 Å². The predicted molar refractivity (Wildman–Crippen MR) is 94.8 cm³/mol. The highest BCUT2D eigenvalue weighted by Crippen LogP contribution is 2.35. The van der Waals surface area contributed by atoms with E-state index in [1.807, 2.05) is 32.0 Å². The molecular weight excluding hydrogens is 340 g/mol. The highest BCUT2D eigenvalue weighted by Gasteiger charge is 2.55. The zero-order chi connectivity index (χ0) is 17.7. The zero-order valence-electron chi connectivity index (χ0n) is 13.7. The summed E-state index contributed by atoms with van der Waals surface area (Å²) in [5.74, 6) is -0.729. The minimum absolute atomic E-state index is 0.347. The van der Waals surface area contributed by atoms with Gasteiger partial charge in [0.05, 0.1) is 11.4 Å². The SMILES string of the molecule is Cc1ccc(N2N=N[C@H]3C(=O)N(c4cccc(Cl)c4)C(=O)[C@@H]32)cc1C. The van der Waals surface area contributed by atoms with E-state index in [2.05, 4.69) is 10.3 Å². The number of amides is 2. The number of halogens is 1. The van der Waals surface area contributed by atoms with E-state index < -0.39 is 12.1 Å². The van der Waals surface area contributed by atoms with Gasteiger partial charge in [-0.1, -0.05) is 29.0 Å². The number of hydrogen-bond acceptors (Lipinski definition) is 5. The maximum Gasteiger partial charge on any atom is 0.263 e. The third-order valence-electron chi connectivity index (χ3n) is 4.60. The Morgan fingerprint density at radius 2 is 1.76 bits per heavy atom. The lowest BCUT2D eigenvalue weighted by Gasteiger charge is -2.21. The molecule has 2 aromatic rings. The first-order chi connectivity index (χ1) is 12.0. The van der Waals surface area contributed by atoms with Crippen molar-refractivity contribution in [3.05, 3.63) is 58.6 Å². The van der Waals surface area contributed by atoms with E-state index in [-0.39, 0.29) is 11.8 Å². The van der Waals surface area contributed by atoms with Gasteiger partial charge in [0.25, 0.3) is 11.8 Å². The van der Waals surface area contributed by atoms with Gasteiger partial charge in [0.15, 0.2) is 12.1 Å². The van der Waals surface area contributed by atoms with Crippen molar-refractivity contribution in [3.63, 3.8) is 0 Å². The van der Waals surface area contributed by atoms with Crippen LogP contribution in [0.1, 0.15) is 11.1 Å². The van der Waals surface area contributed by atoms with Crippen LogP contribution in [0.15, 0.2) is 52.8 Å². The molecule has 2 heterocycles. The molecule has 25 heavy (non-hydrogen) atoms. The molecular formula is C18H15ClN4O2. The minimum Gasteiger partial charge on any atom is -0.271 e. The molecule has 2 aliphatic heterocycles. The number of nitrogens with zero attached hydrogens (tertiary/aromatic N) is 4. The zero-order valence-corrected chi connectivity index (χ0v) is 14.4. The van der Waals surface area contributed by atoms with Gasteiger partial charge in [-0.25, -0.2) is 9.91 Å². The van der Waals surface area contributed by atoms with Crippen molar-refractivity contribution in [3.8, 4) is 0 Å². The summed E-state index contributed by atoms with van der Waals surface area (Å²) in [6.07, 6.45) is 0. The van der Waals surface area contributed by atoms with Crippen molar-refractivity contribution in [2.24, 2.45) is 10.3 Å². The molecule has 7 heteroatoms. The molecule has 4 rings (SSSR count). The second kappa shape index (κ2) is 5.67. The highest BCUT2D eigenvalue weighted by atomic mass is 35.5. The monoisotopic (exact) mass is 354 g/mol. The molecule has 126 valence electrons. The van der Waals surface area contributed by atoms with Gasteiger partial charge in [-0.15, -0.1) is 0 Å². The fourth-order valence-corrected chi connectivity index (χ4v) is 3.30. The maximum atomic E-state index is 12.9. The van der Waals surface area contributed by atoms with Crippen LogP contribution in [-0.2, 0) is 9.59 Å². The molecule has 6 nitrogen and oxygen atoms in total. The number of carbonyl (C=O) groups excluding carboxylic acids is 2. The van der Waals surface area contributed by atoms with E-state index in [1.54, 1.807) is 24.3 Å². The number of fused-ring (bicyclic) bond motifs is 1. The van der Waals surface area contributed by atoms with Crippen LogP contribution in [0.2, 0.25) is 5.02 Å². The molecule has 0 saturated carbocycles. The standard InChI is InChI=1S/C18H15ClN4O2/c1-10-6-7-14(8-11(10)2)23-16-15(20-21-23)17(24)22(18(16)25)13-5-3-4-12(19)9-13/h3-9,15-16H,1-2H3/t15-,16-/m1/s1. The Morgan fingerprint density at radius 1 is 0.960 bits per heavy atom. The van der Waals surface area contributed by atoms with E-state index in [9.17, 15) is 9.59 Å². The first-order valence-electron chi connectivity index (χ1n) is 7.88. The van der Waals surface area contributed by atoms with Gasteiger partial charge in [0.2, 0.25) is 0 Å². The van der Waals surface area contributed by atoms with Gasteiger partial charge in [0, 0.05) is 5.02 Å². The van der Waals surface area contributed by atoms with Crippen LogP contribution < -0.4 is 9.91 Å². The number of carbonyl (C=O) groups is 2. The second-order valence-electron chi connectivity index (χ2n) is 6.20. The van der Waals surface area contributed by atoms with Crippen LogP contribution in [0, 0.1) is 13.8 Å². The number of rotatable bonds is 2. The van der Waals surface area contributed by atoms with Crippen LogP contribution in [0.5, 0.6) is 0 Å². The first kappa shape index (κ1) is 15.8. The third kappa shape index (κ3) is 2.41. The molecule has 1 saturated heterocycles. The quantitative estimate of drug-likeness (QED) is 0.776. The van der Waals surface area contributed by atoms with Crippen LogP contribution in [-0.4, -0.2) is 23.9 Å². The summed E-state index contributed by atoms with van der Waals surface area (Å²) in [4.78, 5) is 26.8. The normalized spacial score (nSPS) is 22.0. The Kier molecular flexibility index (Phi) is 3.58. The van der Waals surface area contributed by atoms with Gasteiger partial charge in [-0.3, -0.25) is 9.59 Å². The Bertz CT molecular complexity index is 927. The Balaban J connectivity index is 1.71. The molecule has 0 N–H and O–H groups in total. The lowest BCUT2D eigenvalue weighted by atomic mass is 10.1. The molecule has 0 aromatic heterocycles. The summed E-state index contributed by atoms with van der Waals surface area (Å²) >= 11 is 5.99. The Hall–Kier alpha value is -2.73. The van der Waals surface area contributed by atoms with Gasteiger partial charge in [-0.05, 0) is 55.3 Å². The molecule has 0 bridgehead atoms. The van der Waals surface area contributed by atoms with Crippen molar-refractivity contribution in [1.82, 2.24) is 0 Å². The Morgan fingerprint density at radius 3 is 2.48 bits per heavy atom. The Labute approximate surface area is 149 Å². The summed E-state index contributed by atoms with van der Waals surface area (Å²) in [6.45, 7) is 4.00. The second-order valence-corrected chi connectivity index (χ2v) is 6.64. The first-order valence-corrected chi connectivity index (χ1v) is 8.26. The summed E-state index contributed by atoms with van der Waals surface area (Å²) in [5.41, 5.74) is 3.42. The molecule has 1 fully saturated rings. The molecule has 0 unspecified atom stereocenters. The molecule has 2 aromatic carbocycles.